The van der Waals surface area contributed by atoms with Crippen molar-refractivity contribution in [1.82, 2.24) is 0 Å². The fraction of sp³-hybridized carbons (Fsp3) is 0.533. The zero-order chi connectivity index (χ0) is 16.0. The lowest BCUT2D eigenvalue weighted by Gasteiger charge is -2.07. The summed E-state index contributed by atoms with van der Waals surface area (Å²) in [5.74, 6) is -11.6. The Balaban J connectivity index is 2.71. The summed E-state index contributed by atoms with van der Waals surface area (Å²) in [6, 6.07) is 0. The summed E-state index contributed by atoms with van der Waals surface area (Å²) in [5, 5.41) is 0. The first-order chi connectivity index (χ1) is 9.91. The molecule has 0 N–H and O–H groups in total. The van der Waals surface area contributed by atoms with Gasteiger partial charge in [-0.15, -0.1) is 0 Å². The molecule has 0 aliphatic carbocycles. The molecular formula is C15H17F5O. The molecular weight excluding hydrogens is 291 g/mol. The molecule has 0 unspecified atom stereocenters. The van der Waals surface area contributed by atoms with E-state index in [1.165, 1.54) is 0 Å². The molecule has 0 spiro atoms. The lowest BCUT2D eigenvalue weighted by atomic mass is 10.0. The molecule has 118 valence electrons. The summed E-state index contributed by atoms with van der Waals surface area (Å²) in [4.78, 5) is 11.7. The topological polar surface area (TPSA) is 17.1 Å². The molecule has 21 heavy (non-hydrogen) atoms. The van der Waals surface area contributed by atoms with Crippen LogP contribution in [0.1, 0.15) is 62.2 Å². The Morgan fingerprint density at radius 3 is 1.67 bits per heavy atom. The third-order valence-electron chi connectivity index (χ3n) is 3.25. The lowest BCUT2D eigenvalue weighted by Crippen LogP contribution is -2.12. The Morgan fingerprint density at radius 2 is 1.14 bits per heavy atom. The first-order valence-electron chi connectivity index (χ1n) is 6.96. The van der Waals surface area contributed by atoms with Crippen molar-refractivity contribution in [3.05, 3.63) is 34.6 Å². The number of halogens is 5. The maximum absolute atomic E-state index is 13.4. The average molecular weight is 308 g/mol. The van der Waals surface area contributed by atoms with E-state index >= 15 is 0 Å². The van der Waals surface area contributed by atoms with Crippen LogP contribution >= 0.6 is 0 Å². The Morgan fingerprint density at radius 1 is 0.714 bits per heavy atom. The first-order valence-corrected chi connectivity index (χ1v) is 6.96. The van der Waals surface area contributed by atoms with Crippen LogP contribution < -0.4 is 0 Å². The monoisotopic (exact) mass is 308 g/mol. The summed E-state index contributed by atoms with van der Waals surface area (Å²) in [6.45, 7) is 2.05. The molecule has 0 aliphatic heterocycles. The number of unbranched alkanes of at least 4 members (excludes halogenated alkanes) is 5. The highest BCUT2D eigenvalue weighted by Gasteiger charge is 2.29. The molecule has 0 heterocycles. The van der Waals surface area contributed by atoms with Gasteiger partial charge in [0, 0.05) is 6.42 Å². The van der Waals surface area contributed by atoms with Crippen LogP contribution in [-0.2, 0) is 0 Å². The third kappa shape index (κ3) is 4.25. The summed E-state index contributed by atoms with van der Waals surface area (Å²) in [6.07, 6.45) is 4.80. The standard InChI is InChI=1S/C15H17F5O/c1-2-3-4-5-6-7-8-9(21)10-11(16)13(18)15(20)14(19)12(10)17/h2-8H2,1H3. The number of ketones is 1. The van der Waals surface area contributed by atoms with Crippen LogP contribution in [0.5, 0.6) is 0 Å². The number of carbonyl (C=O) groups excluding carboxylic acids is 1. The van der Waals surface area contributed by atoms with Crippen molar-refractivity contribution in [2.24, 2.45) is 0 Å². The van der Waals surface area contributed by atoms with Gasteiger partial charge in [-0.05, 0) is 6.42 Å². The van der Waals surface area contributed by atoms with E-state index in [0.29, 0.717) is 12.8 Å². The van der Waals surface area contributed by atoms with E-state index < -0.39 is 40.4 Å². The van der Waals surface area contributed by atoms with Crippen LogP contribution in [0.15, 0.2) is 0 Å². The molecule has 6 heteroatoms. The molecule has 1 aromatic rings. The number of Topliss-reactive ketones (excluding diaryl/α,β-unsaturated/α-hetero) is 1. The zero-order valence-corrected chi connectivity index (χ0v) is 11.7. The lowest BCUT2D eigenvalue weighted by molar-refractivity contribution is 0.0967. The maximum Gasteiger partial charge on any atom is 0.200 e. The van der Waals surface area contributed by atoms with Crippen LogP contribution in [-0.4, -0.2) is 5.78 Å². The molecule has 0 bridgehead atoms. The molecule has 1 aromatic carbocycles. The van der Waals surface area contributed by atoms with Gasteiger partial charge in [0.15, 0.2) is 29.1 Å². The second-order valence-corrected chi connectivity index (χ2v) is 4.89. The second-order valence-electron chi connectivity index (χ2n) is 4.89. The molecule has 0 saturated heterocycles. The minimum atomic E-state index is -2.25. The van der Waals surface area contributed by atoms with Gasteiger partial charge in [0.1, 0.15) is 0 Å². The number of rotatable bonds is 8. The number of hydrogen-bond acceptors (Lipinski definition) is 1. The van der Waals surface area contributed by atoms with Gasteiger partial charge in [-0.2, -0.15) is 0 Å². The van der Waals surface area contributed by atoms with Crippen LogP contribution in [0.3, 0.4) is 0 Å². The largest absolute Gasteiger partial charge is 0.294 e. The van der Waals surface area contributed by atoms with Crippen molar-refractivity contribution in [2.45, 2.75) is 51.9 Å². The van der Waals surface area contributed by atoms with Crippen molar-refractivity contribution >= 4 is 5.78 Å². The predicted molar refractivity (Wildman–Crippen MR) is 68.6 cm³/mol. The fourth-order valence-corrected chi connectivity index (χ4v) is 2.04. The van der Waals surface area contributed by atoms with Crippen molar-refractivity contribution in [1.29, 1.82) is 0 Å². The molecule has 1 nitrogen and oxygen atoms in total. The van der Waals surface area contributed by atoms with E-state index in [2.05, 4.69) is 0 Å². The van der Waals surface area contributed by atoms with E-state index in [0.717, 1.165) is 25.7 Å². The van der Waals surface area contributed by atoms with Crippen LogP contribution in [0.2, 0.25) is 0 Å². The van der Waals surface area contributed by atoms with Gasteiger partial charge < -0.3 is 0 Å². The van der Waals surface area contributed by atoms with Crippen LogP contribution in [0.25, 0.3) is 0 Å². The van der Waals surface area contributed by atoms with E-state index in [1.807, 2.05) is 6.92 Å². The number of benzene rings is 1. The van der Waals surface area contributed by atoms with Crippen LogP contribution in [0, 0.1) is 29.1 Å². The Labute approximate surface area is 120 Å². The normalized spacial score (nSPS) is 11.0. The van der Waals surface area contributed by atoms with Gasteiger partial charge in [-0.25, -0.2) is 22.0 Å². The molecule has 1 rings (SSSR count). The van der Waals surface area contributed by atoms with E-state index in [9.17, 15) is 26.7 Å². The van der Waals surface area contributed by atoms with Gasteiger partial charge in [0.25, 0.3) is 0 Å². The van der Waals surface area contributed by atoms with Crippen molar-refractivity contribution in [2.75, 3.05) is 0 Å². The van der Waals surface area contributed by atoms with Gasteiger partial charge in [0.05, 0.1) is 5.56 Å². The SMILES string of the molecule is CCCCCCCCC(=O)c1c(F)c(F)c(F)c(F)c1F. The molecule has 0 aliphatic rings. The molecule has 0 fully saturated rings. The Bertz CT molecular complexity index is 484. The van der Waals surface area contributed by atoms with Gasteiger partial charge in [-0.3, -0.25) is 4.79 Å². The quantitative estimate of drug-likeness (QED) is 0.209. The highest BCUT2D eigenvalue weighted by molar-refractivity contribution is 5.96. The summed E-state index contributed by atoms with van der Waals surface area (Å²) in [5.41, 5.74) is -1.33. The van der Waals surface area contributed by atoms with E-state index in [1.54, 1.807) is 0 Å². The summed E-state index contributed by atoms with van der Waals surface area (Å²) < 4.78 is 65.6. The minimum absolute atomic E-state index is 0.232. The second kappa shape index (κ2) is 8.10. The molecule has 0 atom stereocenters. The zero-order valence-electron chi connectivity index (χ0n) is 11.7. The highest BCUT2D eigenvalue weighted by Crippen LogP contribution is 2.24. The summed E-state index contributed by atoms with van der Waals surface area (Å²) in [7, 11) is 0. The minimum Gasteiger partial charge on any atom is -0.294 e. The Kier molecular flexibility index (Phi) is 6.78. The van der Waals surface area contributed by atoms with Crippen LogP contribution in [0.4, 0.5) is 22.0 Å². The van der Waals surface area contributed by atoms with Crippen molar-refractivity contribution in [3.63, 3.8) is 0 Å². The van der Waals surface area contributed by atoms with E-state index in [-0.39, 0.29) is 6.42 Å². The first kappa shape index (κ1) is 17.6. The number of hydrogen-bond donors (Lipinski definition) is 0. The third-order valence-corrected chi connectivity index (χ3v) is 3.25. The van der Waals surface area contributed by atoms with Crippen molar-refractivity contribution in [3.8, 4) is 0 Å². The van der Waals surface area contributed by atoms with Crippen molar-refractivity contribution < 1.29 is 26.7 Å². The maximum atomic E-state index is 13.4. The Hall–Kier alpha value is -1.46. The predicted octanol–water partition coefficient (Wildman–Crippen LogP) is 5.32. The molecule has 0 aromatic heterocycles. The van der Waals surface area contributed by atoms with Gasteiger partial charge in [0.2, 0.25) is 5.82 Å². The molecule has 0 amide bonds. The average Bonchev–Trinajstić information content (AvgIpc) is 2.47. The van der Waals surface area contributed by atoms with E-state index in [4.69, 9.17) is 0 Å². The summed E-state index contributed by atoms with van der Waals surface area (Å²) >= 11 is 0. The smallest absolute Gasteiger partial charge is 0.200 e. The number of carbonyl (C=O) groups is 1. The van der Waals surface area contributed by atoms with Gasteiger partial charge >= 0.3 is 0 Å². The molecule has 0 radical (unpaired) electrons. The fourth-order valence-electron chi connectivity index (χ4n) is 2.04. The molecule has 0 saturated carbocycles. The van der Waals surface area contributed by atoms with Gasteiger partial charge in [-0.1, -0.05) is 39.0 Å². The highest BCUT2D eigenvalue weighted by atomic mass is 19.2.